The number of amides is 1. The lowest BCUT2D eigenvalue weighted by Gasteiger charge is -2.24. The van der Waals surface area contributed by atoms with Crippen LogP contribution in [0, 0.1) is 17.2 Å². The van der Waals surface area contributed by atoms with E-state index in [2.05, 4.69) is 36.2 Å². The van der Waals surface area contributed by atoms with Crippen LogP contribution in [0.3, 0.4) is 0 Å². The number of benzene rings is 1. The number of aromatic nitrogens is 3. The van der Waals surface area contributed by atoms with Gasteiger partial charge < -0.3 is 26.0 Å². The van der Waals surface area contributed by atoms with Crippen LogP contribution in [0.1, 0.15) is 42.7 Å². The van der Waals surface area contributed by atoms with Crippen LogP contribution in [0.5, 0.6) is 5.75 Å². The molecule has 3 aromatic rings. The Bertz CT molecular complexity index is 1150. The lowest BCUT2D eigenvalue weighted by molar-refractivity contribution is 0.102. The van der Waals surface area contributed by atoms with Gasteiger partial charge in [-0.1, -0.05) is 13.8 Å². The highest BCUT2D eigenvalue weighted by Crippen LogP contribution is 2.24. The van der Waals surface area contributed by atoms with Gasteiger partial charge in [0.15, 0.2) is 5.69 Å². The number of rotatable bonds is 8. The van der Waals surface area contributed by atoms with Crippen LogP contribution in [-0.4, -0.2) is 47.6 Å². The van der Waals surface area contributed by atoms with E-state index in [0.29, 0.717) is 40.2 Å². The van der Waals surface area contributed by atoms with E-state index in [1.54, 1.807) is 37.4 Å². The standard InChI is InChI=1S/C24H26N8O2.C2H6/c1-34-19-4-2-17(3-5-19)31-24(33)20-14-30-22(32-23-15-27-18(11-25)13-29-23)10-21(20)28-12-16-6-8-26-9-7-16;1-2/h2-5,10,13-16,26H,6-9,12H2,1H3,(H,31,33)(H2,28,29,30,32);1-2H3. The van der Waals surface area contributed by atoms with E-state index in [1.807, 2.05) is 19.9 Å². The summed E-state index contributed by atoms with van der Waals surface area (Å²) in [6.07, 6.45) is 6.54. The fraction of sp³-hybridized carbons (Fsp3) is 0.346. The second-order valence-corrected chi connectivity index (χ2v) is 7.90. The van der Waals surface area contributed by atoms with Crippen LogP contribution in [0.15, 0.2) is 48.9 Å². The van der Waals surface area contributed by atoms with E-state index in [9.17, 15) is 4.79 Å². The first-order valence-corrected chi connectivity index (χ1v) is 12.0. The average Bonchev–Trinajstić information content (AvgIpc) is 2.94. The molecule has 1 aliphatic rings. The fourth-order valence-electron chi connectivity index (χ4n) is 3.65. The Hall–Kier alpha value is -4.23. The van der Waals surface area contributed by atoms with Crippen LogP contribution in [0.4, 0.5) is 23.0 Å². The third-order valence-electron chi connectivity index (χ3n) is 5.56. The minimum atomic E-state index is -0.268. The molecule has 0 unspecified atom stereocenters. The molecular weight excluding hydrogens is 456 g/mol. The van der Waals surface area contributed by atoms with E-state index in [1.165, 1.54) is 18.6 Å². The van der Waals surface area contributed by atoms with Crippen LogP contribution in [0.2, 0.25) is 0 Å². The molecule has 1 amide bonds. The summed E-state index contributed by atoms with van der Waals surface area (Å²) in [5.74, 6) is 1.92. The van der Waals surface area contributed by atoms with Gasteiger partial charge in [-0.25, -0.2) is 15.0 Å². The SMILES string of the molecule is CC.COc1ccc(NC(=O)c2cnc(Nc3cnc(C#N)cn3)cc2NCC2CCNCC2)cc1. The largest absolute Gasteiger partial charge is 0.497 e. The second-order valence-electron chi connectivity index (χ2n) is 7.90. The number of carbonyl (C=O) groups excluding carboxylic acids is 1. The van der Waals surface area contributed by atoms with Crippen molar-refractivity contribution in [3.63, 3.8) is 0 Å². The summed E-state index contributed by atoms with van der Waals surface area (Å²) < 4.78 is 5.17. The Kier molecular flexibility index (Phi) is 9.97. The lowest BCUT2D eigenvalue weighted by Crippen LogP contribution is -2.31. The lowest BCUT2D eigenvalue weighted by atomic mass is 9.98. The maximum atomic E-state index is 13.1. The number of nitrogens with one attached hydrogen (secondary N) is 4. The number of nitrogens with zero attached hydrogens (tertiary/aromatic N) is 4. The molecule has 0 bridgehead atoms. The Morgan fingerprint density at radius 2 is 1.81 bits per heavy atom. The number of anilines is 4. The number of nitriles is 1. The van der Waals surface area contributed by atoms with Gasteiger partial charge in [-0.2, -0.15) is 5.26 Å². The zero-order chi connectivity index (χ0) is 25.8. The van der Waals surface area contributed by atoms with E-state index in [-0.39, 0.29) is 11.6 Å². The number of ether oxygens (including phenoxy) is 1. The molecule has 4 rings (SSSR count). The molecule has 0 saturated carbocycles. The predicted molar refractivity (Wildman–Crippen MR) is 141 cm³/mol. The zero-order valence-electron chi connectivity index (χ0n) is 20.8. The summed E-state index contributed by atoms with van der Waals surface area (Å²) in [7, 11) is 1.60. The zero-order valence-corrected chi connectivity index (χ0v) is 20.8. The first-order chi connectivity index (χ1) is 17.6. The molecular formula is C26H32N8O2. The highest BCUT2D eigenvalue weighted by atomic mass is 16.5. The summed E-state index contributed by atoms with van der Waals surface area (Å²) in [6, 6.07) is 10.9. The number of piperidine rings is 1. The van der Waals surface area contributed by atoms with Crippen LogP contribution < -0.4 is 26.0 Å². The molecule has 188 valence electrons. The minimum absolute atomic E-state index is 0.230. The van der Waals surface area contributed by atoms with Crippen molar-refractivity contribution in [1.82, 2.24) is 20.3 Å². The molecule has 0 radical (unpaired) electrons. The summed E-state index contributed by atoms with van der Waals surface area (Å²) in [5.41, 5.74) is 1.99. The van der Waals surface area contributed by atoms with Crippen molar-refractivity contribution in [2.24, 2.45) is 5.92 Å². The van der Waals surface area contributed by atoms with Crippen molar-refractivity contribution < 1.29 is 9.53 Å². The van der Waals surface area contributed by atoms with Crippen LogP contribution in [0.25, 0.3) is 0 Å². The molecule has 0 aliphatic carbocycles. The first-order valence-electron chi connectivity index (χ1n) is 12.0. The van der Waals surface area contributed by atoms with Gasteiger partial charge in [0, 0.05) is 24.5 Å². The molecule has 1 aromatic carbocycles. The van der Waals surface area contributed by atoms with Crippen LogP contribution >= 0.6 is 0 Å². The summed E-state index contributed by atoms with van der Waals surface area (Å²) in [5, 5.41) is 21.7. The molecule has 2 aromatic heterocycles. The summed E-state index contributed by atoms with van der Waals surface area (Å²) >= 11 is 0. The molecule has 3 heterocycles. The van der Waals surface area contributed by atoms with Crippen molar-refractivity contribution in [2.45, 2.75) is 26.7 Å². The van der Waals surface area contributed by atoms with Crippen molar-refractivity contribution in [2.75, 3.05) is 42.7 Å². The number of carbonyl (C=O) groups is 1. The van der Waals surface area contributed by atoms with E-state index in [4.69, 9.17) is 10.00 Å². The smallest absolute Gasteiger partial charge is 0.259 e. The minimum Gasteiger partial charge on any atom is -0.497 e. The third kappa shape index (κ3) is 7.38. The number of methoxy groups -OCH3 is 1. The Morgan fingerprint density at radius 3 is 2.44 bits per heavy atom. The molecule has 10 heteroatoms. The molecule has 10 nitrogen and oxygen atoms in total. The molecule has 0 atom stereocenters. The normalized spacial score (nSPS) is 12.9. The van der Waals surface area contributed by atoms with Gasteiger partial charge in [-0.3, -0.25) is 4.79 Å². The molecule has 1 fully saturated rings. The van der Waals surface area contributed by atoms with Gasteiger partial charge in [-0.15, -0.1) is 0 Å². The number of hydrogen-bond acceptors (Lipinski definition) is 9. The third-order valence-corrected chi connectivity index (χ3v) is 5.56. The summed E-state index contributed by atoms with van der Waals surface area (Å²) in [6.45, 7) is 6.75. The highest BCUT2D eigenvalue weighted by molar-refractivity contribution is 6.08. The van der Waals surface area contributed by atoms with E-state index in [0.717, 1.165) is 32.5 Å². The van der Waals surface area contributed by atoms with Crippen molar-refractivity contribution in [3.05, 3.63) is 60.2 Å². The molecule has 1 aliphatic heterocycles. The van der Waals surface area contributed by atoms with Crippen molar-refractivity contribution in [3.8, 4) is 11.8 Å². The Morgan fingerprint density at radius 1 is 1.08 bits per heavy atom. The van der Waals surface area contributed by atoms with Gasteiger partial charge in [-0.05, 0) is 56.1 Å². The predicted octanol–water partition coefficient (Wildman–Crippen LogP) is 4.19. The van der Waals surface area contributed by atoms with E-state index >= 15 is 0 Å². The van der Waals surface area contributed by atoms with Gasteiger partial charge in [0.1, 0.15) is 23.5 Å². The molecule has 0 spiro atoms. The Balaban J connectivity index is 0.00000176. The molecule has 4 N–H and O–H groups in total. The second kappa shape index (κ2) is 13.6. The van der Waals surface area contributed by atoms with Crippen molar-refractivity contribution >= 4 is 28.9 Å². The first kappa shape index (κ1) is 26.4. The number of pyridine rings is 1. The highest BCUT2D eigenvalue weighted by Gasteiger charge is 2.17. The Labute approximate surface area is 211 Å². The van der Waals surface area contributed by atoms with Gasteiger partial charge in [0.25, 0.3) is 5.91 Å². The topological polar surface area (TPSA) is 137 Å². The van der Waals surface area contributed by atoms with Gasteiger partial charge in [0.05, 0.1) is 30.8 Å². The summed E-state index contributed by atoms with van der Waals surface area (Å²) in [4.78, 5) is 25.6. The van der Waals surface area contributed by atoms with Gasteiger partial charge >= 0.3 is 0 Å². The fourth-order valence-corrected chi connectivity index (χ4v) is 3.65. The van der Waals surface area contributed by atoms with Crippen LogP contribution in [-0.2, 0) is 0 Å². The average molecular weight is 489 g/mol. The molecule has 1 saturated heterocycles. The maximum Gasteiger partial charge on any atom is 0.259 e. The van der Waals surface area contributed by atoms with Crippen molar-refractivity contribution in [1.29, 1.82) is 5.26 Å². The molecule has 36 heavy (non-hydrogen) atoms. The monoisotopic (exact) mass is 488 g/mol. The van der Waals surface area contributed by atoms with Gasteiger partial charge in [0.2, 0.25) is 0 Å². The maximum absolute atomic E-state index is 13.1. The van der Waals surface area contributed by atoms with E-state index < -0.39 is 0 Å². The quantitative estimate of drug-likeness (QED) is 0.368. The number of hydrogen-bond donors (Lipinski definition) is 4.